The molecule has 23 heteroatoms. The number of carboxylic acid groups (broad SMARTS) is 1. The van der Waals surface area contributed by atoms with E-state index in [4.69, 9.17) is 29.1 Å². The van der Waals surface area contributed by atoms with Gasteiger partial charge in [-0.15, -0.1) is 0 Å². The molecule has 4 aliphatic rings. The molecule has 4 aromatic rings. The molecule has 11 atom stereocenters. The second kappa shape index (κ2) is 16.9. The highest BCUT2D eigenvalue weighted by Crippen LogP contribution is 2.52. The zero-order valence-electron chi connectivity index (χ0n) is 33.5. The van der Waals surface area contributed by atoms with Crippen molar-refractivity contribution < 1.29 is 94.2 Å². The molecule has 11 unspecified atom stereocenters. The lowest BCUT2D eigenvalue weighted by Gasteiger charge is -2.48. The van der Waals surface area contributed by atoms with Crippen LogP contribution >= 0.6 is 0 Å². The number of carbonyl (C=O) groups excluding carboxylic acids is 1. The molecule has 16 N–H and O–H groups in total. The number of phenols is 3. The molecule has 2 fully saturated rings. The van der Waals surface area contributed by atoms with E-state index in [2.05, 4.69) is 10.3 Å². The topological polar surface area (TPSA) is 398 Å². The Morgan fingerprint density at radius 3 is 2.37 bits per heavy atom. The predicted octanol–water partition coefficient (Wildman–Crippen LogP) is -2.65. The number of aliphatic hydroxyl groups is 8. The Kier molecular flexibility index (Phi) is 11.8. The van der Waals surface area contributed by atoms with E-state index in [1.165, 1.54) is 18.3 Å². The second-order valence-corrected chi connectivity index (χ2v) is 15.8. The van der Waals surface area contributed by atoms with E-state index in [0.717, 1.165) is 18.2 Å². The lowest BCUT2D eigenvalue weighted by molar-refractivity contribution is -0.374. The number of fused-ring (bicyclic) bond motifs is 2. The molecule has 0 saturated carbocycles. The number of hydrogen-bond donors (Lipinski definition) is 15. The van der Waals surface area contributed by atoms with Crippen molar-refractivity contribution in [1.29, 1.82) is 0 Å². The summed E-state index contributed by atoms with van der Waals surface area (Å²) in [5.41, 5.74) is 5.57. The summed E-state index contributed by atoms with van der Waals surface area (Å²) in [4.78, 5) is 42.8. The monoisotopic (exact) mass is 909 g/mol. The highest BCUT2D eigenvalue weighted by Gasteiger charge is 2.63. The van der Waals surface area contributed by atoms with E-state index in [1.807, 2.05) is 0 Å². The summed E-state index contributed by atoms with van der Waals surface area (Å²) in [5.74, 6) is -13.8. The number of nitrogens with one attached hydrogen (secondary N) is 2. The number of phenolic OH excluding ortho intramolecular Hbond substituents is 3. The van der Waals surface area contributed by atoms with Gasteiger partial charge in [-0.2, -0.15) is 0 Å². The van der Waals surface area contributed by atoms with Crippen LogP contribution < -0.4 is 21.2 Å². The number of aliphatic carboxylic acids is 1. The van der Waals surface area contributed by atoms with Crippen LogP contribution in [0, 0.1) is 0 Å². The van der Waals surface area contributed by atoms with E-state index < -0.39 is 120 Å². The van der Waals surface area contributed by atoms with Gasteiger partial charge in [0.25, 0.3) is 5.79 Å². The summed E-state index contributed by atoms with van der Waals surface area (Å²) in [6, 6.07) is 7.81. The Morgan fingerprint density at radius 1 is 0.954 bits per heavy atom. The molecule has 0 amide bonds. The number of dihydropyridines is 1. The second-order valence-electron chi connectivity index (χ2n) is 15.8. The number of ether oxygens (including phenoxy) is 4. The maximum atomic E-state index is 14.0. The minimum Gasteiger partial charge on any atom is -0.507 e. The fraction of sp³-hybridized carbons (Fsp3) is 0.357. The van der Waals surface area contributed by atoms with Gasteiger partial charge >= 0.3 is 11.9 Å². The number of aromatic hydroxyl groups is 3. The van der Waals surface area contributed by atoms with Crippen LogP contribution in [0.2, 0.25) is 0 Å². The van der Waals surface area contributed by atoms with E-state index >= 15 is 0 Å². The number of H-pyrrole nitrogens is 1. The SMILES string of the molecule is NC1C=CC(C2C=C(Cc3ccc[nH]3)C3(Oc4cc5oc(-c6cc(O)c(O)c(CCO)c6)cc(=O)c5c(O)c42)OC(C(=O)OC2OC(C(=O)O)C(O)(O)C(O)C2O)C(O)C(O)C3O)=CN1. The number of aliphatic hydroxyl groups excluding tert-OH is 6. The number of allylic oxidation sites excluding steroid dienone is 3. The third-order valence-electron chi connectivity index (χ3n) is 11.6. The molecule has 65 heavy (non-hydrogen) atoms. The van der Waals surface area contributed by atoms with E-state index in [9.17, 15) is 75.7 Å². The van der Waals surface area contributed by atoms with E-state index in [1.54, 1.807) is 30.5 Å². The maximum Gasteiger partial charge on any atom is 0.340 e. The first-order valence-corrected chi connectivity index (χ1v) is 19.8. The van der Waals surface area contributed by atoms with Crippen molar-refractivity contribution in [2.24, 2.45) is 5.73 Å². The Hall–Kier alpha value is -6.35. The lowest BCUT2D eigenvalue weighted by Crippen LogP contribution is -2.70. The number of carbonyl (C=O) groups is 2. The van der Waals surface area contributed by atoms with Crippen LogP contribution in [0.15, 0.2) is 87.4 Å². The van der Waals surface area contributed by atoms with Gasteiger partial charge in [-0.05, 0) is 42.3 Å². The maximum absolute atomic E-state index is 14.0. The summed E-state index contributed by atoms with van der Waals surface area (Å²) >= 11 is 0. The van der Waals surface area contributed by atoms with Crippen molar-refractivity contribution >= 4 is 22.9 Å². The molecule has 6 heterocycles. The first-order valence-electron chi connectivity index (χ1n) is 19.8. The Bertz CT molecular complexity index is 2680. The highest BCUT2D eigenvalue weighted by atomic mass is 16.8. The van der Waals surface area contributed by atoms with Crippen molar-refractivity contribution in [3.8, 4) is 34.3 Å². The van der Waals surface area contributed by atoms with E-state index in [-0.39, 0.29) is 51.8 Å². The largest absolute Gasteiger partial charge is 0.507 e. The van der Waals surface area contributed by atoms with Crippen LogP contribution in [-0.4, -0.2) is 152 Å². The van der Waals surface area contributed by atoms with Gasteiger partial charge in [0.05, 0.1) is 6.17 Å². The van der Waals surface area contributed by atoms with Crippen molar-refractivity contribution in [2.75, 3.05) is 6.61 Å². The van der Waals surface area contributed by atoms with Crippen LogP contribution in [0.1, 0.15) is 22.7 Å². The smallest absolute Gasteiger partial charge is 0.340 e. The quantitative estimate of drug-likeness (QED) is 0.0353. The summed E-state index contributed by atoms with van der Waals surface area (Å²) < 4.78 is 28.9. The fourth-order valence-corrected chi connectivity index (χ4v) is 8.26. The molecule has 1 spiro atoms. The Balaban J connectivity index is 1.30. The summed E-state index contributed by atoms with van der Waals surface area (Å²) in [6.45, 7) is -0.414. The van der Waals surface area contributed by atoms with Gasteiger partial charge in [0.1, 0.15) is 52.6 Å². The van der Waals surface area contributed by atoms with Crippen molar-refractivity contribution in [1.82, 2.24) is 10.3 Å². The Labute approximate surface area is 364 Å². The van der Waals surface area contributed by atoms with Gasteiger partial charge in [-0.25, -0.2) is 9.59 Å². The molecule has 4 aliphatic heterocycles. The molecule has 2 aromatic heterocycles. The van der Waals surface area contributed by atoms with Crippen LogP contribution in [0.3, 0.4) is 0 Å². The molecular formula is C42H43N3O20. The third-order valence-corrected chi connectivity index (χ3v) is 11.6. The lowest BCUT2D eigenvalue weighted by atomic mass is 9.82. The van der Waals surface area contributed by atoms with E-state index in [0.29, 0.717) is 11.3 Å². The number of rotatable bonds is 9. The summed E-state index contributed by atoms with van der Waals surface area (Å²) in [6.07, 6.45) is -13.3. The molecule has 0 aliphatic carbocycles. The minimum atomic E-state index is -3.58. The average molecular weight is 910 g/mol. The fourth-order valence-electron chi connectivity index (χ4n) is 8.26. The number of aromatic amines is 1. The van der Waals surface area contributed by atoms with Crippen molar-refractivity contribution in [2.45, 2.75) is 85.5 Å². The van der Waals surface area contributed by atoms with Crippen LogP contribution in [0.4, 0.5) is 0 Å². The van der Waals surface area contributed by atoms with Crippen LogP contribution in [0.5, 0.6) is 23.0 Å². The molecule has 0 radical (unpaired) electrons. The van der Waals surface area contributed by atoms with Crippen molar-refractivity contribution in [3.05, 3.63) is 105 Å². The normalized spacial score (nSPS) is 30.7. The predicted molar refractivity (Wildman–Crippen MR) is 215 cm³/mol. The Morgan fingerprint density at radius 2 is 1.71 bits per heavy atom. The standard InChI is InChI=1S/C42H43N3O20/c43-26-4-3-16(14-45-26)20-11-18(10-19-2-1-6-44-19)42(36(55)32(52)31(51)34(65-42)39(58)63-40-33(53)35(54)41(59,60)37(62-40)38(56)57)64-25-13-24-28(30(50)27(20)25)21(47)12-23(61-24)17-8-15(5-7-46)29(49)22(48)9-17/h1-4,6,8-9,11-14,20,26,31-37,40,44-46,48-55,59-60H,5,7,10,43H2,(H,56,57). The van der Waals surface area contributed by atoms with Crippen molar-refractivity contribution in [3.63, 3.8) is 0 Å². The molecule has 23 nitrogen and oxygen atoms in total. The van der Waals surface area contributed by atoms with Gasteiger partial charge in [-0.3, -0.25) is 4.79 Å². The summed E-state index contributed by atoms with van der Waals surface area (Å²) in [7, 11) is 0. The average Bonchev–Trinajstić information content (AvgIpc) is 3.73. The zero-order valence-corrected chi connectivity index (χ0v) is 33.5. The van der Waals surface area contributed by atoms with Gasteiger partial charge in [-0.1, -0.05) is 12.2 Å². The molecule has 346 valence electrons. The number of esters is 1. The number of benzene rings is 2. The molecular weight excluding hydrogens is 866 g/mol. The van der Waals surface area contributed by atoms with Crippen LogP contribution in [0.25, 0.3) is 22.3 Å². The molecule has 0 bridgehead atoms. The third kappa shape index (κ3) is 7.76. The number of nitrogens with two attached hydrogens (primary N) is 1. The summed E-state index contributed by atoms with van der Waals surface area (Å²) in [5, 5.41) is 131. The first-order chi connectivity index (χ1) is 30.8. The molecule has 8 rings (SSSR count). The van der Waals surface area contributed by atoms with Gasteiger partial charge in [0.15, 0.2) is 29.1 Å². The molecule has 2 aromatic carbocycles. The number of hydrogen-bond acceptors (Lipinski definition) is 21. The zero-order chi connectivity index (χ0) is 46.9. The highest BCUT2D eigenvalue weighted by molar-refractivity contribution is 5.89. The first kappa shape index (κ1) is 45.2. The van der Waals surface area contributed by atoms with Gasteiger partial charge in [0.2, 0.25) is 18.2 Å². The van der Waals surface area contributed by atoms with Gasteiger partial charge < -0.3 is 101 Å². The number of aromatic nitrogens is 1. The van der Waals surface area contributed by atoms with Gasteiger partial charge in [0, 0.05) is 71.4 Å². The molecule has 2 saturated heterocycles. The van der Waals surface area contributed by atoms with Crippen LogP contribution in [-0.2, 0) is 36.6 Å². The minimum absolute atomic E-state index is 0.0599. The number of carboxylic acids is 1.